The van der Waals surface area contributed by atoms with Crippen molar-refractivity contribution in [3.8, 4) is 0 Å². The summed E-state index contributed by atoms with van der Waals surface area (Å²) in [6, 6.07) is -0.784. The van der Waals surface area contributed by atoms with Crippen molar-refractivity contribution >= 4 is 0 Å². The van der Waals surface area contributed by atoms with E-state index in [1.54, 1.807) is 6.92 Å². The molecule has 0 amide bonds. The molecule has 0 aliphatic carbocycles. The van der Waals surface area contributed by atoms with Crippen molar-refractivity contribution in [2.75, 3.05) is 6.54 Å². The maximum Gasteiger partial charge on any atom is 0.253 e. The van der Waals surface area contributed by atoms with Gasteiger partial charge in [0.15, 0.2) is 0 Å². The summed E-state index contributed by atoms with van der Waals surface area (Å²) in [5.41, 5.74) is 0. The Labute approximate surface area is 65.6 Å². The van der Waals surface area contributed by atoms with Gasteiger partial charge in [0, 0.05) is 0 Å². The lowest BCUT2D eigenvalue weighted by atomic mass is 10.2. The van der Waals surface area contributed by atoms with Gasteiger partial charge in [-0.2, -0.15) is 0 Å². The van der Waals surface area contributed by atoms with Gasteiger partial charge in [-0.3, -0.25) is 0 Å². The molecule has 0 fully saturated rings. The zero-order valence-corrected chi connectivity index (χ0v) is 6.85. The van der Waals surface area contributed by atoms with Gasteiger partial charge in [-0.05, 0) is 26.8 Å². The Bertz CT molecular complexity index is 98.4. The fourth-order valence-electron chi connectivity index (χ4n) is 0.609. The normalized spacial score (nSPS) is 16.9. The lowest BCUT2D eigenvalue weighted by Gasteiger charge is -2.12. The fourth-order valence-corrected chi connectivity index (χ4v) is 0.609. The van der Waals surface area contributed by atoms with Gasteiger partial charge in [0.25, 0.3) is 6.43 Å². The molecule has 0 radical (unpaired) electrons. The molecule has 11 heavy (non-hydrogen) atoms. The number of halogens is 2. The van der Waals surface area contributed by atoms with Crippen molar-refractivity contribution in [1.29, 1.82) is 0 Å². The molecule has 0 spiro atoms. The molecule has 0 rings (SSSR count). The maximum absolute atomic E-state index is 11.8. The molecule has 2 atom stereocenters. The molecule has 0 aromatic rings. The second-order valence-electron chi connectivity index (χ2n) is 2.71. The quantitative estimate of drug-likeness (QED) is 0.640. The summed E-state index contributed by atoms with van der Waals surface area (Å²) in [6.45, 7) is 3.49. The van der Waals surface area contributed by atoms with Gasteiger partial charge >= 0.3 is 0 Å². The third-order valence-electron chi connectivity index (χ3n) is 1.41. The van der Waals surface area contributed by atoms with Crippen molar-refractivity contribution < 1.29 is 13.9 Å². The number of hydrogen-bond acceptors (Lipinski definition) is 2. The van der Waals surface area contributed by atoms with E-state index < -0.39 is 18.6 Å². The van der Waals surface area contributed by atoms with Gasteiger partial charge < -0.3 is 10.4 Å². The number of aliphatic hydroxyl groups is 1. The molecule has 0 bridgehead atoms. The molecule has 0 saturated carbocycles. The van der Waals surface area contributed by atoms with Crippen LogP contribution in [-0.2, 0) is 0 Å². The van der Waals surface area contributed by atoms with Crippen molar-refractivity contribution in [3.05, 3.63) is 0 Å². The van der Waals surface area contributed by atoms with Crippen LogP contribution in [0.5, 0.6) is 0 Å². The lowest BCUT2D eigenvalue weighted by molar-refractivity contribution is 0.102. The predicted octanol–water partition coefficient (Wildman–Crippen LogP) is 1.00. The second kappa shape index (κ2) is 5.43. The van der Waals surface area contributed by atoms with E-state index in [9.17, 15) is 8.78 Å². The van der Waals surface area contributed by atoms with Crippen LogP contribution in [0.1, 0.15) is 20.3 Å². The Kier molecular flexibility index (Phi) is 5.32. The molecule has 4 heteroatoms. The van der Waals surface area contributed by atoms with Crippen LogP contribution >= 0.6 is 0 Å². The van der Waals surface area contributed by atoms with Gasteiger partial charge in [-0.25, -0.2) is 8.78 Å². The topological polar surface area (TPSA) is 32.3 Å². The fraction of sp³-hybridized carbons (Fsp3) is 1.00. The first-order valence-corrected chi connectivity index (χ1v) is 3.73. The highest BCUT2D eigenvalue weighted by atomic mass is 19.3. The zero-order valence-electron chi connectivity index (χ0n) is 6.85. The number of aliphatic hydroxyl groups excluding tert-OH is 1. The van der Waals surface area contributed by atoms with Crippen molar-refractivity contribution in [2.45, 2.75) is 38.8 Å². The molecule has 0 aromatic heterocycles. The van der Waals surface area contributed by atoms with Gasteiger partial charge in [0.05, 0.1) is 12.1 Å². The summed E-state index contributed by atoms with van der Waals surface area (Å²) in [4.78, 5) is 0. The SMILES string of the molecule is CC(O)CCNC(C)C(F)F. The summed E-state index contributed by atoms with van der Waals surface area (Å²) in [5, 5.41) is 11.4. The zero-order chi connectivity index (χ0) is 8.85. The van der Waals surface area contributed by atoms with Gasteiger partial charge in [-0.1, -0.05) is 0 Å². The van der Waals surface area contributed by atoms with Crippen LogP contribution in [0.2, 0.25) is 0 Å². The molecule has 2 nitrogen and oxygen atoms in total. The van der Waals surface area contributed by atoms with Crippen LogP contribution in [0, 0.1) is 0 Å². The molecule has 0 aliphatic heterocycles. The van der Waals surface area contributed by atoms with Gasteiger partial charge in [0.1, 0.15) is 0 Å². The van der Waals surface area contributed by atoms with Crippen LogP contribution in [-0.4, -0.2) is 30.2 Å². The summed E-state index contributed by atoms with van der Waals surface area (Å²) in [7, 11) is 0. The minimum absolute atomic E-state index is 0.424. The van der Waals surface area contributed by atoms with E-state index in [1.807, 2.05) is 0 Å². The maximum atomic E-state index is 11.8. The van der Waals surface area contributed by atoms with Crippen molar-refractivity contribution in [3.63, 3.8) is 0 Å². The largest absolute Gasteiger partial charge is 0.393 e. The van der Waals surface area contributed by atoms with E-state index in [0.717, 1.165) is 0 Å². The minimum atomic E-state index is -2.33. The molecule has 2 N–H and O–H groups in total. The molecular weight excluding hydrogens is 152 g/mol. The third-order valence-corrected chi connectivity index (χ3v) is 1.41. The first-order chi connectivity index (χ1) is 5.04. The lowest BCUT2D eigenvalue weighted by Crippen LogP contribution is -2.34. The van der Waals surface area contributed by atoms with Gasteiger partial charge in [0.2, 0.25) is 0 Å². The standard InChI is InChI=1S/C7H15F2NO/c1-5(11)3-4-10-6(2)7(8)9/h5-7,10-11H,3-4H2,1-2H3. The van der Waals surface area contributed by atoms with E-state index >= 15 is 0 Å². The predicted molar refractivity (Wildman–Crippen MR) is 39.8 cm³/mol. The summed E-state index contributed by atoms with van der Waals surface area (Å²) in [6.07, 6.45) is -2.24. The van der Waals surface area contributed by atoms with Crippen LogP contribution in [0.25, 0.3) is 0 Å². The first-order valence-electron chi connectivity index (χ1n) is 3.73. The second-order valence-corrected chi connectivity index (χ2v) is 2.71. The average molecular weight is 167 g/mol. The van der Waals surface area contributed by atoms with Crippen LogP contribution < -0.4 is 5.32 Å². The minimum Gasteiger partial charge on any atom is -0.393 e. The molecule has 2 unspecified atom stereocenters. The number of rotatable bonds is 5. The monoisotopic (exact) mass is 167 g/mol. The van der Waals surface area contributed by atoms with Crippen molar-refractivity contribution in [1.82, 2.24) is 5.32 Å². The van der Waals surface area contributed by atoms with E-state index in [-0.39, 0.29) is 0 Å². The Morgan fingerprint density at radius 1 is 1.36 bits per heavy atom. The molecule has 0 saturated heterocycles. The summed E-state index contributed by atoms with van der Waals surface area (Å²) in [5.74, 6) is 0. The molecule has 68 valence electrons. The van der Waals surface area contributed by atoms with Crippen LogP contribution in [0.4, 0.5) is 8.78 Å². The number of alkyl halides is 2. The first kappa shape index (κ1) is 10.8. The Balaban J connectivity index is 3.24. The highest BCUT2D eigenvalue weighted by molar-refractivity contribution is 4.63. The van der Waals surface area contributed by atoms with E-state index in [1.165, 1.54) is 6.92 Å². The highest BCUT2D eigenvalue weighted by Gasteiger charge is 2.12. The molecule has 0 aliphatic rings. The van der Waals surface area contributed by atoms with E-state index in [0.29, 0.717) is 13.0 Å². The number of hydrogen-bond donors (Lipinski definition) is 2. The van der Waals surface area contributed by atoms with Crippen molar-refractivity contribution in [2.24, 2.45) is 0 Å². The Morgan fingerprint density at radius 3 is 2.27 bits per heavy atom. The average Bonchev–Trinajstić information content (AvgIpc) is 1.86. The third kappa shape index (κ3) is 6.19. The smallest absolute Gasteiger partial charge is 0.253 e. The summed E-state index contributed by atoms with van der Waals surface area (Å²) < 4.78 is 23.7. The van der Waals surface area contributed by atoms with Crippen LogP contribution in [0.3, 0.4) is 0 Å². The molecule has 0 aromatic carbocycles. The Morgan fingerprint density at radius 2 is 1.91 bits per heavy atom. The molecule has 0 heterocycles. The Hall–Kier alpha value is -0.220. The van der Waals surface area contributed by atoms with E-state index in [2.05, 4.69) is 5.32 Å². The van der Waals surface area contributed by atoms with E-state index in [4.69, 9.17) is 5.11 Å². The molecular formula is C7H15F2NO. The number of nitrogens with one attached hydrogen (secondary N) is 1. The van der Waals surface area contributed by atoms with Gasteiger partial charge in [-0.15, -0.1) is 0 Å². The summed E-state index contributed by atoms with van der Waals surface area (Å²) >= 11 is 0. The van der Waals surface area contributed by atoms with Crippen LogP contribution in [0.15, 0.2) is 0 Å². The highest BCUT2D eigenvalue weighted by Crippen LogP contribution is 1.99.